The Labute approximate surface area is 380 Å². The summed E-state index contributed by atoms with van der Waals surface area (Å²) in [5, 5.41) is 56.8. The summed E-state index contributed by atoms with van der Waals surface area (Å²) in [6.45, 7) is 7.79. The lowest BCUT2D eigenvalue weighted by Gasteiger charge is -2.50. The molecule has 7 atom stereocenters. The molecular formula is C53H60N4O8. The average Bonchev–Trinajstić information content (AvgIpc) is 3.77. The largest absolute Gasteiger partial charge is 0.507 e. The van der Waals surface area contributed by atoms with Crippen LogP contribution in [0.15, 0.2) is 59.6 Å². The highest BCUT2D eigenvalue weighted by Gasteiger charge is 2.55. The Balaban J connectivity index is 1.17. The van der Waals surface area contributed by atoms with Crippen molar-refractivity contribution in [3.05, 3.63) is 104 Å². The predicted octanol–water partition coefficient (Wildman–Crippen LogP) is 5.01. The molecule has 12 heteroatoms. The highest BCUT2D eigenvalue weighted by atomic mass is 16.6. The maximum atomic E-state index is 11.5. The van der Waals surface area contributed by atoms with E-state index < -0.39 is 29.5 Å². The first kappa shape index (κ1) is 43.5. The molecule has 0 saturated carbocycles. The number of fused-ring (bicyclic) bond motifs is 12. The molecule has 0 saturated heterocycles. The summed E-state index contributed by atoms with van der Waals surface area (Å²) in [7, 11) is 1.85. The minimum Gasteiger partial charge on any atom is -0.507 e. The summed E-state index contributed by atoms with van der Waals surface area (Å²) in [6, 6.07) is 15.1. The number of hydrogen-bond acceptors (Lipinski definition) is 12. The van der Waals surface area contributed by atoms with Crippen LogP contribution in [0.5, 0.6) is 28.7 Å². The van der Waals surface area contributed by atoms with E-state index in [9.17, 15) is 20.4 Å². The number of hydrogen-bond donors (Lipinski definition) is 7. The molecule has 0 amide bonds. The molecule has 0 aromatic heterocycles. The average molecular weight is 881 g/mol. The minimum atomic E-state index is -1.17. The molecule has 340 valence electrons. The van der Waals surface area contributed by atoms with Crippen molar-refractivity contribution in [2.45, 2.75) is 101 Å². The van der Waals surface area contributed by atoms with Crippen LogP contribution in [0.1, 0.15) is 96.9 Å². The summed E-state index contributed by atoms with van der Waals surface area (Å²) >= 11 is 0. The topological polar surface area (TPSA) is 166 Å². The number of nitrogens with zero attached hydrogens (tertiary/aromatic N) is 1. The van der Waals surface area contributed by atoms with Gasteiger partial charge in [-0.05, 0) is 115 Å². The van der Waals surface area contributed by atoms with Gasteiger partial charge in [-0.3, -0.25) is 15.6 Å². The van der Waals surface area contributed by atoms with Gasteiger partial charge in [0.25, 0.3) is 0 Å². The number of nitrogens with one attached hydrogen (secondary N) is 3. The summed E-state index contributed by atoms with van der Waals surface area (Å²) < 4.78 is 27.8. The Morgan fingerprint density at radius 2 is 1.86 bits per heavy atom. The molecule has 2 bridgehead atoms. The van der Waals surface area contributed by atoms with Gasteiger partial charge < -0.3 is 44.7 Å². The smallest absolute Gasteiger partial charge is 0.161 e. The first-order valence-corrected chi connectivity index (χ1v) is 23.2. The molecule has 7 unspecified atom stereocenters. The lowest BCUT2D eigenvalue weighted by atomic mass is 9.64. The fourth-order valence-corrected chi connectivity index (χ4v) is 11.4. The molecule has 7 N–H and O–H groups in total. The van der Waals surface area contributed by atoms with Crippen LogP contribution >= 0.6 is 0 Å². The standard InChI is InChI=1S/C53H60N4O8/c1-30(2)24-52(3,61)27-55-28-57-46-7-5-6-20-62-45-22-33(9-16-44(45)60)51-53(46,63-29-54-4)25-41-40-23-39-35(31-8-15-42-32(21-31)18-19-56-42)12-13-36-43(59)17-14-37(47(36)39)48(40)50-38(49(41)65-51)11-10-34(26-58)64-50/h8-9,12-18,21-22,30,34-35,39,46,51,54-55,57-61H,6,10-11,19-20,23-29H2,1-4H3. The van der Waals surface area contributed by atoms with Crippen molar-refractivity contribution in [1.82, 2.24) is 16.0 Å². The molecule has 65 heavy (non-hydrogen) atoms. The van der Waals surface area contributed by atoms with Gasteiger partial charge in [0, 0.05) is 54.2 Å². The van der Waals surface area contributed by atoms with E-state index in [1.54, 1.807) is 12.1 Å². The van der Waals surface area contributed by atoms with Crippen LogP contribution in [-0.2, 0) is 24.0 Å². The quantitative estimate of drug-likeness (QED) is 0.0582. The summed E-state index contributed by atoms with van der Waals surface area (Å²) in [5.41, 5.74) is 6.75. The van der Waals surface area contributed by atoms with Crippen LogP contribution in [0.2, 0.25) is 0 Å². The van der Waals surface area contributed by atoms with Crippen LogP contribution in [0.4, 0.5) is 0 Å². The van der Waals surface area contributed by atoms with Crippen LogP contribution in [0.25, 0.3) is 23.3 Å². The molecule has 4 aromatic carbocycles. The van der Waals surface area contributed by atoms with Crippen molar-refractivity contribution in [3.63, 3.8) is 0 Å². The zero-order valence-electron chi connectivity index (χ0n) is 37.7. The van der Waals surface area contributed by atoms with E-state index in [1.807, 2.05) is 32.2 Å². The van der Waals surface area contributed by atoms with E-state index in [-0.39, 0.29) is 43.3 Å². The molecule has 4 aliphatic heterocycles. The first-order valence-electron chi connectivity index (χ1n) is 23.2. The minimum absolute atomic E-state index is 0.00728. The third-order valence-electron chi connectivity index (χ3n) is 14.1. The number of aliphatic hydroxyl groups is 2. The predicted molar refractivity (Wildman–Crippen MR) is 249 cm³/mol. The Hall–Kier alpha value is -5.39. The van der Waals surface area contributed by atoms with Crippen molar-refractivity contribution in [1.29, 1.82) is 0 Å². The summed E-state index contributed by atoms with van der Waals surface area (Å²) in [4.78, 5) is 4.66. The van der Waals surface area contributed by atoms with Crippen molar-refractivity contribution in [2.75, 3.05) is 46.8 Å². The normalized spacial score (nSPS) is 25.1. The SMILES string of the molecule is CNCOC12Cc3c4c(c5c(c3OC1c1ccc(O)c(c1)OCCC#CC2NCNCC(C)(O)CC(C)C)CCC(CO)O5)-c1ccc(O)c2c1C(C4)C(c1ccc3c(c1)=CCN=3)C=C2. The Kier molecular flexibility index (Phi) is 11.7. The Bertz CT molecular complexity index is 2740. The zero-order chi connectivity index (χ0) is 45.0. The number of benzene rings is 4. The van der Waals surface area contributed by atoms with E-state index in [0.29, 0.717) is 75.7 Å². The number of aromatic hydroxyl groups is 2. The Morgan fingerprint density at radius 1 is 1.02 bits per heavy atom. The second kappa shape index (κ2) is 17.4. The fraction of sp³-hybridized carbons (Fsp3) is 0.453. The third-order valence-corrected chi connectivity index (χ3v) is 14.1. The van der Waals surface area contributed by atoms with E-state index >= 15 is 0 Å². The van der Waals surface area contributed by atoms with Crippen LogP contribution in [0, 0.1) is 17.8 Å². The molecule has 4 heterocycles. The van der Waals surface area contributed by atoms with Gasteiger partial charge in [-0.1, -0.05) is 62.1 Å². The van der Waals surface area contributed by atoms with Gasteiger partial charge in [0.2, 0.25) is 0 Å². The maximum Gasteiger partial charge on any atom is 0.161 e. The van der Waals surface area contributed by atoms with Gasteiger partial charge in [-0.2, -0.15) is 0 Å². The van der Waals surface area contributed by atoms with Gasteiger partial charge in [-0.15, -0.1) is 0 Å². The summed E-state index contributed by atoms with van der Waals surface area (Å²) in [6.07, 6.45) is 8.61. The second-order valence-corrected chi connectivity index (χ2v) is 19.2. The van der Waals surface area contributed by atoms with Gasteiger partial charge in [0.05, 0.1) is 37.4 Å². The number of ether oxygens (including phenoxy) is 4. The number of aliphatic hydroxyl groups excluding tert-OH is 1. The number of rotatable bonds is 12. The third kappa shape index (κ3) is 7.86. The maximum absolute atomic E-state index is 11.5. The molecule has 6 aliphatic rings. The number of phenols is 2. The highest BCUT2D eigenvalue weighted by molar-refractivity contribution is 5.89. The van der Waals surface area contributed by atoms with E-state index in [0.717, 1.165) is 60.8 Å². The zero-order valence-corrected chi connectivity index (χ0v) is 37.7. The van der Waals surface area contributed by atoms with E-state index in [4.69, 9.17) is 18.9 Å². The fourth-order valence-electron chi connectivity index (χ4n) is 11.4. The monoisotopic (exact) mass is 880 g/mol. The first-order chi connectivity index (χ1) is 31.5. The molecule has 0 radical (unpaired) electrons. The van der Waals surface area contributed by atoms with Crippen molar-refractivity contribution < 1.29 is 39.4 Å². The van der Waals surface area contributed by atoms with Crippen LogP contribution in [0.3, 0.4) is 0 Å². The molecule has 2 aliphatic carbocycles. The number of allylic oxidation sites excluding steroid dienone is 1. The lowest BCUT2D eigenvalue weighted by molar-refractivity contribution is -0.141. The van der Waals surface area contributed by atoms with E-state index in [1.165, 1.54) is 5.56 Å². The van der Waals surface area contributed by atoms with Gasteiger partial charge in [0.1, 0.15) is 35.0 Å². The molecular weight excluding hydrogens is 821 g/mol. The van der Waals surface area contributed by atoms with Crippen molar-refractivity contribution in [3.8, 4) is 51.7 Å². The van der Waals surface area contributed by atoms with Crippen LogP contribution < -0.4 is 40.7 Å². The molecule has 4 aromatic rings. The van der Waals surface area contributed by atoms with E-state index in [2.05, 4.69) is 83.1 Å². The van der Waals surface area contributed by atoms with Crippen molar-refractivity contribution in [2.24, 2.45) is 10.9 Å². The second-order valence-electron chi connectivity index (χ2n) is 19.2. The van der Waals surface area contributed by atoms with Gasteiger partial charge in [-0.25, -0.2) is 0 Å². The van der Waals surface area contributed by atoms with Gasteiger partial charge in [0.15, 0.2) is 17.6 Å². The molecule has 10 rings (SSSR count). The molecule has 12 nitrogen and oxygen atoms in total. The Morgan fingerprint density at radius 3 is 2.69 bits per heavy atom. The lowest BCUT2D eigenvalue weighted by Crippen LogP contribution is -2.62. The van der Waals surface area contributed by atoms with Gasteiger partial charge >= 0.3 is 0 Å². The summed E-state index contributed by atoms with van der Waals surface area (Å²) in [5.74, 6) is 9.27. The highest BCUT2D eigenvalue weighted by Crippen LogP contribution is 2.61. The number of phenolic OH excluding ortho intramolecular Hbond substituents is 2. The molecule has 0 fully saturated rings. The van der Waals surface area contributed by atoms with Crippen molar-refractivity contribution >= 4 is 12.2 Å². The van der Waals surface area contributed by atoms with Crippen LogP contribution in [-0.4, -0.2) is 90.5 Å². The molecule has 0 spiro atoms.